The summed E-state index contributed by atoms with van der Waals surface area (Å²) in [5, 5.41) is 4.10. The zero-order valence-corrected chi connectivity index (χ0v) is 19.8. The Hall–Kier alpha value is -3.28. The van der Waals surface area contributed by atoms with Gasteiger partial charge in [0, 0.05) is 17.0 Å². The van der Waals surface area contributed by atoms with Crippen LogP contribution in [0.4, 0.5) is 0 Å². The first-order valence-electron chi connectivity index (χ1n) is 11.6. The Morgan fingerprint density at radius 2 is 1.64 bits per heavy atom. The van der Waals surface area contributed by atoms with Crippen molar-refractivity contribution in [1.29, 1.82) is 0 Å². The van der Waals surface area contributed by atoms with E-state index in [4.69, 9.17) is 19.2 Å². The molecule has 1 fully saturated rings. The highest BCUT2D eigenvalue weighted by molar-refractivity contribution is 6.07. The summed E-state index contributed by atoms with van der Waals surface area (Å²) in [5.41, 5.74) is 2.83. The van der Waals surface area contributed by atoms with Gasteiger partial charge in [-0.05, 0) is 49.9 Å². The average Bonchev–Trinajstić information content (AvgIpc) is 2.87. The molecule has 1 amide bonds. The summed E-state index contributed by atoms with van der Waals surface area (Å²) in [6.07, 6.45) is 6.14. The number of benzene rings is 2. The fourth-order valence-corrected chi connectivity index (χ4v) is 4.78. The molecule has 4 rings (SSSR count). The van der Waals surface area contributed by atoms with Crippen molar-refractivity contribution in [2.45, 2.75) is 45.1 Å². The Balaban J connectivity index is 1.75. The van der Waals surface area contributed by atoms with Gasteiger partial charge in [-0.2, -0.15) is 0 Å². The molecule has 1 atom stereocenters. The number of nitrogens with zero attached hydrogens (tertiary/aromatic N) is 1. The fraction of sp³-hybridized carbons (Fsp3) is 0.407. The first-order chi connectivity index (χ1) is 16.0. The van der Waals surface area contributed by atoms with E-state index >= 15 is 0 Å². The van der Waals surface area contributed by atoms with Crippen LogP contribution in [0.3, 0.4) is 0 Å². The standard InChI is InChI=1S/C27H32N2O4/c1-17(18-10-6-5-7-11-18)28-27(30)21-16-23(29-22-13-9-8-12-20(21)22)19-14-24(31-2)26(33-4)25(15-19)32-3/h8-9,12-18H,5-7,10-11H2,1-4H3,(H,28,30)/t17-/m0/s1. The van der Waals surface area contributed by atoms with Crippen LogP contribution in [0.15, 0.2) is 42.5 Å². The van der Waals surface area contributed by atoms with E-state index in [9.17, 15) is 4.79 Å². The number of amides is 1. The number of aromatic nitrogens is 1. The number of para-hydroxylation sites is 1. The molecule has 1 aliphatic carbocycles. The number of ether oxygens (including phenoxy) is 3. The largest absolute Gasteiger partial charge is 0.493 e. The van der Waals surface area contributed by atoms with E-state index in [0.29, 0.717) is 34.4 Å². The van der Waals surface area contributed by atoms with Crippen molar-refractivity contribution >= 4 is 16.8 Å². The maximum atomic E-state index is 13.4. The summed E-state index contributed by atoms with van der Waals surface area (Å²) >= 11 is 0. The summed E-state index contributed by atoms with van der Waals surface area (Å²) in [6, 6.07) is 13.4. The smallest absolute Gasteiger partial charge is 0.252 e. The normalized spacial score (nSPS) is 15.2. The lowest BCUT2D eigenvalue weighted by molar-refractivity contribution is 0.0921. The third kappa shape index (κ3) is 4.75. The van der Waals surface area contributed by atoms with Crippen molar-refractivity contribution in [3.05, 3.63) is 48.0 Å². The Bertz CT molecular complexity index is 1110. The molecule has 1 aliphatic rings. The van der Waals surface area contributed by atoms with Crippen molar-refractivity contribution in [3.8, 4) is 28.5 Å². The van der Waals surface area contributed by atoms with Crippen molar-refractivity contribution in [1.82, 2.24) is 10.3 Å². The van der Waals surface area contributed by atoms with E-state index in [-0.39, 0.29) is 11.9 Å². The minimum Gasteiger partial charge on any atom is -0.493 e. The number of carbonyl (C=O) groups excluding carboxylic acids is 1. The van der Waals surface area contributed by atoms with Gasteiger partial charge in [0.15, 0.2) is 11.5 Å². The molecule has 0 unspecified atom stereocenters. The third-order valence-corrected chi connectivity index (χ3v) is 6.64. The van der Waals surface area contributed by atoms with Gasteiger partial charge in [-0.1, -0.05) is 37.5 Å². The number of nitrogens with one attached hydrogen (secondary N) is 1. The van der Waals surface area contributed by atoms with E-state index in [2.05, 4.69) is 12.2 Å². The molecule has 0 aliphatic heterocycles. The molecular formula is C27H32N2O4. The number of carbonyl (C=O) groups is 1. The van der Waals surface area contributed by atoms with Crippen LogP contribution in [0.2, 0.25) is 0 Å². The van der Waals surface area contributed by atoms with Crippen LogP contribution in [-0.2, 0) is 0 Å². The second-order valence-electron chi connectivity index (χ2n) is 8.65. The SMILES string of the molecule is COc1cc(-c2cc(C(=O)N[C@@H](C)C3CCCCC3)c3ccccc3n2)cc(OC)c1OC. The van der Waals surface area contributed by atoms with Gasteiger partial charge < -0.3 is 19.5 Å². The molecule has 0 bridgehead atoms. The van der Waals surface area contributed by atoms with E-state index in [1.54, 1.807) is 21.3 Å². The van der Waals surface area contributed by atoms with Crippen LogP contribution < -0.4 is 19.5 Å². The first-order valence-corrected chi connectivity index (χ1v) is 11.6. The van der Waals surface area contributed by atoms with Crippen LogP contribution >= 0.6 is 0 Å². The van der Waals surface area contributed by atoms with Gasteiger partial charge in [0.1, 0.15) is 0 Å². The van der Waals surface area contributed by atoms with Crippen molar-refractivity contribution < 1.29 is 19.0 Å². The Morgan fingerprint density at radius 1 is 0.970 bits per heavy atom. The molecule has 0 radical (unpaired) electrons. The monoisotopic (exact) mass is 448 g/mol. The van der Waals surface area contributed by atoms with Gasteiger partial charge in [0.2, 0.25) is 5.75 Å². The van der Waals surface area contributed by atoms with Gasteiger partial charge in [-0.3, -0.25) is 4.79 Å². The molecule has 6 heteroatoms. The van der Waals surface area contributed by atoms with Gasteiger partial charge in [0.05, 0.1) is 38.1 Å². The number of pyridine rings is 1. The summed E-state index contributed by atoms with van der Waals surface area (Å²) in [7, 11) is 4.74. The van der Waals surface area contributed by atoms with Gasteiger partial charge in [0.25, 0.3) is 5.91 Å². The van der Waals surface area contributed by atoms with Crippen LogP contribution in [0.25, 0.3) is 22.2 Å². The Morgan fingerprint density at radius 3 is 2.27 bits per heavy atom. The summed E-state index contributed by atoms with van der Waals surface area (Å²) in [5.74, 6) is 2.06. The second kappa shape index (κ2) is 10.1. The van der Waals surface area contributed by atoms with E-state index in [1.807, 2.05) is 42.5 Å². The van der Waals surface area contributed by atoms with Crippen molar-refractivity contribution in [2.75, 3.05) is 21.3 Å². The number of hydrogen-bond acceptors (Lipinski definition) is 5. The zero-order chi connectivity index (χ0) is 23.4. The second-order valence-corrected chi connectivity index (χ2v) is 8.65. The number of rotatable bonds is 7. The van der Waals surface area contributed by atoms with E-state index < -0.39 is 0 Å². The molecule has 6 nitrogen and oxygen atoms in total. The van der Waals surface area contributed by atoms with Crippen molar-refractivity contribution in [3.63, 3.8) is 0 Å². The molecular weight excluding hydrogens is 416 g/mol. The van der Waals surface area contributed by atoms with E-state index in [0.717, 1.165) is 16.5 Å². The van der Waals surface area contributed by atoms with Crippen LogP contribution in [0.5, 0.6) is 17.2 Å². The maximum Gasteiger partial charge on any atom is 0.252 e. The molecule has 0 spiro atoms. The molecule has 0 saturated heterocycles. The summed E-state index contributed by atoms with van der Waals surface area (Å²) in [4.78, 5) is 18.3. The number of fused-ring (bicyclic) bond motifs is 1. The van der Waals surface area contributed by atoms with Gasteiger partial charge in [-0.15, -0.1) is 0 Å². The quantitative estimate of drug-likeness (QED) is 0.508. The lowest BCUT2D eigenvalue weighted by Gasteiger charge is -2.28. The minimum absolute atomic E-state index is 0.0691. The minimum atomic E-state index is -0.0691. The predicted molar refractivity (Wildman–Crippen MR) is 130 cm³/mol. The van der Waals surface area contributed by atoms with Gasteiger partial charge >= 0.3 is 0 Å². The van der Waals surface area contributed by atoms with E-state index in [1.165, 1.54) is 32.1 Å². The molecule has 1 heterocycles. The van der Waals surface area contributed by atoms with Gasteiger partial charge in [-0.25, -0.2) is 4.98 Å². The first kappa shape index (κ1) is 22.9. The predicted octanol–water partition coefficient (Wildman–Crippen LogP) is 5.63. The number of methoxy groups -OCH3 is 3. The number of hydrogen-bond donors (Lipinski definition) is 1. The average molecular weight is 449 g/mol. The lowest BCUT2D eigenvalue weighted by atomic mass is 9.84. The summed E-state index contributed by atoms with van der Waals surface area (Å²) < 4.78 is 16.5. The molecule has 3 aromatic rings. The molecule has 1 N–H and O–H groups in total. The maximum absolute atomic E-state index is 13.4. The topological polar surface area (TPSA) is 69.7 Å². The molecule has 33 heavy (non-hydrogen) atoms. The molecule has 1 aromatic heterocycles. The zero-order valence-electron chi connectivity index (χ0n) is 19.8. The Kier molecular flexibility index (Phi) is 7.02. The molecule has 174 valence electrons. The Labute approximate surface area is 195 Å². The highest BCUT2D eigenvalue weighted by Crippen LogP contribution is 2.41. The summed E-state index contributed by atoms with van der Waals surface area (Å²) in [6.45, 7) is 2.12. The van der Waals surface area contributed by atoms with Crippen LogP contribution in [0, 0.1) is 5.92 Å². The highest BCUT2D eigenvalue weighted by atomic mass is 16.5. The molecule has 2 aromatic carbocycles. The highest BCUT2D eigenvalue weighted by Gasteiger charge is 2.23. The third-order valence-electron chi connectivity index (χ3n) is 6.64. The fourth-order valence-electron chi connectivity index (χ4n) is 4.78. The molecule has 1 saturated carbocycles. The van der Waals surface area contributed by atoms with Crippen LogP contribution in [0.1, 0.15) is 49.4 Å². The van der Waals surface area contributed by atoms with Crippen LogP contribution in [-0.4, -0.2) is 38.3 Å². The lowest BCUT2D eigenvalue weighted by Crippen LogP contribution is -2.39. The van der Waals surface area contributed by atoms with Crippen molar-refractivity contribution in [2.24, 2.45) is 5.92 Å².